The summed E-state index contributed by atoms with van der Waals surface area (Å²) in [6.07, 6.45) is 0.353. The summed E-state index contributed by atoms with van der Waals surface area (Å²) in [5.74, 6) is 12.7. The van der Waals surface area contributed by atoms with Gasteiger partial charge in [-0.05, 0) is 55.8 Å². The molecule has 2 aliphatic carbocycles. The van der Waals surface area contributed by atoms with E-state index in [1.165, 1.54) is 0 Å². The molecular weight excluding hydrogens is 512 g/mol. The summed E-state index contributed by atoms with van der Waals surface area (Å²) >= 11 is 0. The van der Waals surface area contributed by atoms with Crippen molar-refractivity contribution in [2.75, 3.05) is 13.7 Å². The van der Waals surface area contributed by atoms with Gasteiger partial charge >= 0.3 is 0 Å². The molecule has 1 aromatic carbocycles. The standard InChI is InChI=1S/C31H40O7Si/c1-28(2,3)39(7,8)38-24-18-22-15-17-30(32,26-20-35-29(4,5)36-26)16-9-10-25-31(22,37-25)27(24)34-19-21-11-13-23(33-6)14-12-21/h11-14,18,24-27,32H,16,19-20H2,1-8H3/t24-,25-,26+,27+,30+,31+/m0/s1. The van der Waals surface area contributed by atoms with E-state index in [9.17, 15) is 5.11 Å². The lowest BCUT2D eigenvalue weighted by atomic mass is 9.92. The highest BCUT2D eigenvalue weighted by Crippen LogP contribution is 2.54. The van der Waals surface area contributed by atoms with Gasteiger partial charge in [0.1, 0.15) is 18.0 Å². The zero-order valence-electron chi connectivity index (χ0n) is 24.2. The van der Waals surface area contributed by atoms with E-state index in [1.807, 2.05) is 44.2 Å². The van der Waals surface area contributed by atoms with Gasteiger partial charge in [-0.3, -0.25) is 0 Å². The first-order valence-corrected chi connectivity index (χ1v) is 16.5. The van der Waals surface area contributed by atoms with Crippen LogP contribution in [-0.4, -0.2) is 68.5 Å². The molecule has 0 saturated carbocycles. The van der Waals surface area contributed by atoms with Gasteiger partial charge in [-0.15, -0.1) is 0 Å². The minimum absolute atomic E-state index is 0.00485. The molecule has 2 aliphatic heterocycles. The predicted molar refractivity (Wildman–Crippen MR) is 149 cm³/mol. The van der Waals surface area contributed by atoms with Gasteiger partial charge < -0.3 is 33.2 Å². The maximum absolute atomic E-state index is 11.6. The van der Waals surface area contributed by atoms with Crippen LogP contribution in [0.15, 0.2) is 35.9 Å². The topological polar surface area (TPSA) is 78.9 Å². The molecule has 2 heterocycles. The van der Waals surface area contributed by atoms with E-state index in [-0.39, 0.29) is 24.2 Å². The van der Waals surface area contributed by atoms with E-state index >= 15 is 0 Å². The first-order chi connectivity index (χ1) is 18.2. The number of benzene rings is 1. The predicted octanol–water partition coefficient (Wildman–Crippen LogP) is 4.34. The summed E-state index contributed by atoms with van der Waals surface area (Å²) in [5.41, 5.74) is -0.558. The number of hydrogen-bond acceptors (Lipinski definition) is 7. The van der Waals surface area contributed by atoms with Crippen LogP contribution in [-0.2, 0) is 30.0 Å². The normalized spacial score (nSPS) is 34.6. The molecule has 210 valence electrons. The van der Waals surface area contributed by atoms with Gasteiger partial charge in [0.2, 0.25) is 0 Å². The Morgan fingerprint density at radius 2 is 1.85 bits per heavy atom. The fraction of sp³-hybridized carbons (Fsp3) is 0.613. The van der Waals surface area contributed by atoms with Gasteiger partial charge in [0, 0.05) is 5.57 Å². The number of methoxy groups -OCH3 is 1. The zero-order chi connectivity index (χ0) is 28.3. The summed E-state index contributed by atoms with van der Waals surface area (Å²) in [6.45, 7) is 15.4. The zero-order valence-corrected chi connectivity index (χ0v) is 25.2. The van der Waals surface area contributed by atoms with E-state index in [1.54, 1.807) is 7.11 Å². The van der Waals surface area contributed by atoms with Crippen molar-refractivity contribution in [3.8, 4) is 29.4 Å². The second-order valence-corrected chi connectivity index (χ2v) is 17.5. The Labute approximate surface area is 233 Å². The van der Waals surface area contributed by atoms with E-state index in [0.717, 1.165) is 16.9 Å². The Kier molecular flexibility index (Phi) is 7.09. The molecule has 4 aliphatic rings. The molecule has 1 N–H and O–H groups in total. The monoisotopic (exact) mass is 552 g/mol. The van der Waals surface area contributed by atoms with E-state index < -0.39 is 43.6 Å². The number of hydrogen-bond donors (Lipinski definition) is 1. The molecular formula is C31H40O7Si. The van der Waals surface area contributed by atoms with Crippen LogP contribution in [0.5, 0.6) is 5.75 Å². The highest BCUT2D eigenvalue weighted by atomic mass is 28.4. The van der Waals surface area contributed by atoms with Crippen LogP contribution in [0.1, 0.15) is 46.6 Å². The quantitative estimate of drug-likeness (QED) is 0.306. The molecule has 1 spiro atoms. The van der Waals surface area contributed by atoms with Crippen LogP contribution in [0.4, 0.5) is 0 Å². The van der Waals surface area contributed by atoms with Crippen LogP contribution in [0, 0.1) is 23.7 Å². The van der Waals surface area contributed by atoms with Crippen molar-refractivity contribution in [3.05, 3.63) is 41.5 Å². The Hall–Kier alpha value is -2.14. The van der Waals surface area contributed by atoms with Gasteiger partial charge in [0.05, 0.1) is 32.8 Å². The lowest BCUT2D eigenvalue weighted by molar-refractivity contribution is -0.159. The van der Waals surface area contributed by atoms with Crippen molar-refractivity contribution < 1.29 is 33.2 Å². The van der Waals surface area contributed by atoms with Gasteiger partial charge in [-0.1, -0.05) is 56.6 Å². The summed E-state index contributed by atoms with van der Waals surface area (Å²) in [6, 6.07) is 7.82. The van der Waals surface area contributed by atoms with Crippen molar-refractivity contribution >= 4 is 8.32 Å². The fourth-order valence-electron chi connectivity index (χ4n) is 4.99. The van der Waals surface area contributed by atoms with Crippen LogP contribution < -0.4 is 4.74 Å². The lowest BCUT2D eigenvalue weighted by Crippen LogP contribution is -2.49. The minimum atomic E-state index is -2.18. The molecule has 0 bridgehead atoms. The van der Waals surface area contributed by atoms with Crippen LogP contribution in [0.25, 0.3) is 0 Å². The average Bonchev–Trinajstić information content (AvgIpc) is 3.30. The van der Waals surface area contributed by atoms with E-state index in [4.69, 9.17) is 28.1 Å². The van der Waals surface area contributed by atoms with Crippen LogP contribution in [0.3, 0.4) is 0 Å². The average molecular weight is 553 g/mol. The molecule has 0 radical (unpaired) electrons. The summed E-state index contributed by atoms with van der Waals surface area (Å²) in [4.78, 5) is 0. The molecule has 2 saturated heterocycles. The molecule has 0 unspecified atom stereocenters. The second-order valence-electron chi connectivity index (χ2n) is 12.8. The smallest absolute Gasteiger partial charge is 0.193 e. The highest BCUT2D eigenvalue weighted by Gasteiger charge is 2.70. The number of ether oxygens (including phenoxy) is 5. The third-order valence-corrected chi connectivity index (χ3v) is 13.0. The van der Waals surface area contributed by atoms with Gasteiger partial charge in [0.25, 0.3) is 0 Å². The van der Waals surface area contributed by atoms with E-state index in [2.05, 4.69) is 57.5 Å². The molecule has 0 amide bonds. The Morgan fingerprint density at radius 3 is 2.46 bits per heavy atom. The molecule has 8 heteroatoms. The van der Waals surface area contributed by atoms with Crippen molar-refractivity contribution in [2.24, 2.45) is 0 Å². The Morgan fingerprint density at radius 1 is 1.13 bits per heavy atom. The maximum atomic E-state index is 11.6. The number of aliphatic hydroxyl groups is 1. The lowest BCUT2D eigenvalue weighted by Gasteiger charge is -2.39. The van der Waals surface area contributed by atoms with Gasteiger partial charge in [-0.25, -0.2) is 0 Å². The molecule has 1 aromatic rings. The molecule has 7 nitrogen and oxygen atoms in total. The minimum Gasteiger partial charge on any atom is -0.497 e. The Balaban J connectivity index is 1.47. The largest absolute Gasteiger partial charge is 0.497 e. The molecule has 2 fully saturated rings. The van der Waals surface area contributed by atoms with Gasteiger partial charge in [-0.2, -0.15) is 0 Å². The number of epoxide rings is 1. The van der Waals surface area contributed by atoms with Crippen molar-refractivity contribution in [3.63, 3.8) is 0 Å². The summed E-state index contributed by atoms with van der Waals surface area (Å²) < 4.78 is 36.8. The third-order valence-electron chi connectivity index (χ3n) is 8.49. The maximum Gasteiger partial charge on any atom is 0.193 e. The SMILES string of the molecule is COc1ccc(CO[C@@H]2[C@@H](O[Si](C)(C)C(C)(C)C)C=C3C#C[C@@](O)([C@H]4COC(C)(C)O4)CC#C[C@@H]4O[C@]342)cc1. The highest BCUT2D eigenvalue weighted by molar-refractivity contribution is 6.74. The van der Waals surface area contributed by atoms with Crippen molar-refractivity contribution in [1.82, 2.24) is 0 Å². The first kappa shape index (κ1) is 28.4. The van der Waals surface area contributed by atoms with Crippen molar-refractivity contribution in [2.45, 2.75) is 107 Å². The molecule has 6 atom stereocenters. The van der Waals surface area contributed by atoms with Crippen LogP contribution in [0.2, 0.25) is 18.1 Å². The Bertz CT molecular complexity index is 1260. The van der Waals surface area contributed by atoms with Crippen molar-refractivity contribution in [1.29, 1.82) is 0 Å². The number of rotatable bonds is 7. The third kappa shape index (κ3) is 5.32. The fourth-order valence-corrected chi connectivity index (χ4v) is 6.22. The van der Waals surface area contributed by atoms with Gasteiger partial charge in [0.15, 0.2) is 31.4 Å². The summed E-state index contributed by atoms with van der Waals surface area (Å²) in [5, 5.41) is 11.6. The first-order valence-electron chi connectivity index (χ1n) is 13.6. The van der Waals surface area contributed by atoms with E-state index in [0.29, 0.717) is 6.61 Å². The molecule has 39 heavy (non-hydrogen) atoms. The summed E-state index contributed by atoms with van der Waals surface area (Å²) in [7, 11) is -0.529. The molecule has 0 aromatic heterocycles. The van der Waals surface area contributed by atoms with Crippen LogP contribution >= 0.6 is 0 Å². The second kappa shape index (κ2) is 9.75. The molecule has 5 rings (SSSR count).